The summed E-state index contributed by atoms with van der Waals surface area (Å²) in [6.07, 6.45) is 4.54. The van der Waals surface area contributed by atoms with Gasteiger partial charge in [0.05, 0.1) is 0 Å². The Morgan fingerprint density at radius 1 is 1.07 bits per heavy atom. The van der Waals surface area contributed by atoms with Crippen molar-refractivity contribution in [1.82, 2.24) is 0 Å². The van der Waals surface area contributed by atoms with Crippen LogP contribution in [-0.4, -0.2) is 0 Å². The maximum absolute atomic E-state index is 2.58. The van der Waals surface area contributed by atoms with Gasteiger partial charge in [0.15, 0.2) is 0 Å². The molecule has 3 saturated carbocycles. The molecule has 0 aromatic carbocycles. The molecule has 0 bridgehead atoms. The van der Waals surface area contributed by atoms with Gasteiger partial charge in [-0.25, -0.2) is 0 Å². The summed E-state index contributed by atoms with van der Waals surface area (Å²) in [5.41, 5.74) is 2.16. The summed E-state index contributed by atoms with van der Waals surface area (Å²) in [5, 5.41) is 0. The van der Waals surface area contributed by atoms with Gasteiger partial charge >= 0.3 is 0 Å². The predicted octanol–water partition coefficient (Wildman–Crippen LogP) is 4.10. The quantitative estimate of drug-likeness (QED) is 0.586. The molecule has 0 N–H and O–H groups in total. The number of fused-ring (bicyclic) bond motifs is 4. The van der Waals surface area contributed by atoms with Crippen LogP contribution in [0.15, 0.2) is 0 Å². The van der Waals surface area contributed by atoms with Crippen LogP contribution in [0.4, 0.5) is 0 Å². The minimum Gasteiger partial charge on any atom is -0.0622 e. The molecule has 0 heteroatoms. The van der Waals surface area contributed by atoms with Gasteiger partial charge in [0.25, 0.3) is 0 Å². The highest BCUT2D eigenvalue weighted by Crippen LogP contribution is 2.87. The second-order valence-electron chi connectivity index (χ2n) is 7.39. The zero-order chi connectivity index (χ0) is 10.4. The molecule has 0 aromatic heterocycles. The third kappa shape index (κ3) is 0.605. The minimum atomic E-state index is 0.662. The van der Waals surface area contributed by atoms with Crippen LogP contribution in [0.1, 0.15) is 53.9 Å². The van der Waals surface area contributed by atoms with Crippen molar-refractivity contribution in [3.8, 4) is 0 Å². The Bertz CT molecular complexity index is 288. The van der Waals surface area contributed by atoms with Crippen LogP contribution in [0, 0.1) is 34.0 Å². The monoisotopic (exact) mass is 192 g/mol. The van der Waals surface area contributed by atoms with Gasteiger partial charge in [-0.2, -0.15) is 0 Å². The molecule has 0 amide bonds. The highest BCUT2D eigenvalue weighted by atomic mass is 14.9. The third-order valence-corrected chi connectivity index (χ3v) is 6.52. The summed E-state index contributed by atoms with van der Waals surface area (Å²) in [5.74, 6) is 3.06. The highest BCUT2D eigenvalue weighted by molar-refractivity contribution is 5.29. The fraction of sp³-hybridized carbons (Fsp3) is 1.00. The van der Waals surface area contributed by atoms with Crippen LogP contribution in [-0.2, 0) is 0 Å². The van der Waals surface area contributed by atoms with E-state index in [2.05, 4.69) is 34.6 Å². The highest BCUT2D eigenvalue weighted by Gasteiger charge is 2.81. The summed E-state index contributed by atoms with van der Waals surface area (Å²) in [6.45, 7) is 12.5. The molecule has 0 nitrogen and oxygen atoms in total. The molecule has 0 aromatic rings. The first kappa shape index (κ1) is 9.24. The molecule has 4 unspecified atom stereocenters. The number of hydrogen-bond acceptors (Lipinski definition) is 0. The fourth-order valence-corrected chi connectivity index (χ4v) is 5.91. The van der Waals surface area contributed by atoms with Crippen LogP contribution in [0.5, 0.6) is 0 Å². The topological polar surface area (TPSA) is 0 Å². The first-order valence-electron chi connectivity index (χ1n) is 6.36. The van der Waals surface area contributed by atoms with Gasteiger partial charge in [-0.05, 0) is 53.3 Å². The lowest BCUT2D eigenvalue weighted by atomic mass is 9.18. The standard InChI is InChI=1S/C14H24/c1-9(2)14-7-6-13(14,5)10-8-12(3,4)11(10)14/h9-11H,6-8H2,1-5H3. The molecule has 0 radical (unpaired) electrons. The molecular weight excluding hydrogens is 168 g/mol. The van der Waals surface area contributed by atoms with Crippen LogP contribution < -0.4 is 0 Å². The van der Waals surface area contributed by atoms with Crippen LogP contribution in [0.25, 0.3) is 0 Å². The van der Waals surface area contributed by atoms with E-state index >= 15 is 0 Å². The van der Waals surface area contributed by atoms with Gasteiger partial charge in [-0.15, -0.1) is 0 Å². The Hall–Kier alpha value is 0. The first-order valence-corrected chi connectivity index (χ1v) is 6.36. The van der Waals surface area contributed by atoms with Gasteiger partial charge < -0.3 is 0 Å². The van der Waals surface area contributed by atoms with Crippen molar-refractivity contribution >= 4 is 0 Å². The second kappa shape index (κ2) is 2.08. The lowest BCUT2D eigenvalue weighted by molar-refractivity contribution is -0.385. The number of hydrogen-bond donors (Lipinski definition) is 0. The summed E-state index contributed by atoms with van der Waals surface area (Å²) in [7, 11) is 0. The molecule has 3 aliphatic carbocycles. The molecular formula is C14H24. The van der Waals surface area contributed by atoms with Gasteiger partial charge in [-0.3, -0.25) is 0 Å². The molecule has 4 atom stereocenters. The smallest absolute Gasteiger partial charge is 0.0181 e. The summed E-state index contributed by atoms with van der Waals surface area (Å²) in [6, 6.07) is 0. The third-order valence-electron chi connectivity index (χ3n) is 6.52. The number of rotatable bonds is 1. The summed E-state index contributed by atoms with van der Waals surface area (Å²) in [4.78, 5) is 0. The minimum absolute atomic E-state index is 0.662. The van der Waals surface area contributed by atoms with Crippen molar-refractivity contribution in [2.45, 2.75) is 53.9 Å². The first-order chi connectivity index (χ1) is 6.36. The van der Waals surface area contributed by atoms with Crippen LogP contribution in [0.3, 0.4) is 0 Å². The van der Waals surface area contributed by atoms with E-state index in [1.165, 1.54) is 19.3 Å². The Morgan fingerprint density at radius 2 is 1.71 bits per heavy atom. The summed E-state index contributed by atoms with van der Waals surface area (Å²) < 4.78 is 0. The summed E-state index contributed by atoms with van der Waals surface area (Å²) >= 11 is 0. The van der Waals surface area contributed by atoms with Crippen LogP contribution >= 0.6 is 0 Å². The van der Waals surface area contributed by atoms with E-state index in [-0.39, 0.29) is 0 Å². The van der Waals surface area contributed by atoms with Gasteiger partial charge in [0, 0.05) is 0 Å². The van der Waals surface area contributed by atoms with Gasteiger partial charge in [-0.1, -0.05) is 34.6 Å². The molecule has 3 aliphatic rings. The molecule has 14 heavy (non-hydrogen) atoms. The van der Waals surface area contributed by atoms with Crippen molar-refractivity contribution < 1.29 is 0 Å². The van der Waals surface area contributed by atoms with Gasteiger partial charge in [0.1, 0.15) is 0 Å². The molecule has 0 heterocycles. The Morgan fingerprint density at radius 3 is 2.00 bits per heavy atom. The van der Waals surface area contributed by atoms with Gasteiger partial charge in [0.2, 0.25) is 0 Å². The normalized spacial score (nSPS) is 57.9. The van der Waals surface area contributed by atoms with Crippen LogP contribution in [0.2, 0.25) is 0 Å². The van der Waals surface area contributed by atoms with E-state index in [1.807, 2.05) is 0 Å². The average Bonchev–Trinajstić information content (AvgIpc) is 2.06. The largest absolute Gasteiger partial charge is 0.0622 e. The van der Waals surface area contributed by atoms with Crippen molar-refractivity contribution in [1.29, 1.82) is 0 Å². The average molecular weight is 192 g/mol. The maximum atomic E-state index is 2.58. The molecule has 3 rings (SSSR count). The van der Waals surface area contributed by atoms with Crippen molar-refractivity contribution in [3.63, 3.8) is 0 Å². The maximum Gasteiger partial charge on any atom is -0.0181 e. The van der Waals surface area contributed by atoms with E-state index in [0.717, 1.165) is 28.6 Å². The SMILES string of the molecule is CC(C)C12CCC1(C)C1CC(C)(C)C12. The van der Waals surface area contributed by atoms with E-state index < -0.39 is 0 Å². The van der Waals surface area contributed by atoms with Crippen molar-refractivity contribution in [3.05, 3.63) is 0 Å². The Kier molecular flexibility index (Phi) is 1.37. The molecule has 80 valence electrons. The molecule has 0 saturated heterocycles. The molecule has 3 fully saturated rings. The predicted molar refractivity (Wildman–Crippen MR) is 60.0 cm³/mol. The zero-order valence-corrected chi connectivity index (χ0v) is 10.4. The Labute approximate surface area is 88.5 Å². The zero-order valence-electron chi connectivity index (χ0n) is 10.4. The lowest BCUT2D eigenvalue weighted by Crippen LogP contribution is -2.80. The molecule has 0 spiro atoms. The Balaban J connectivity index is 1.97. The van der Waals surface area contributed by atoms with E-state index in [0.29, 0.717) is 5.41 Å². The lowest BCUT2D eigenvalue weighted by Gasteiger charge is -2.86. The van der Waals surface area contributed by atoms with E-state index in [1.54, 1.807) is 0 Å². The fourth-order valence-electron chi connectivity index (χ4n) is 5.91. The molecule has 0 aliphatic heterocycles. The van der Waals surface area contributed by atoms with Crippen molar-refractivity contribution in [2.24, 2.45) is 34.0 Å². The van der Waals surface area contributed by atoms with Crippen molar-refractivity contribution in [2.75, 3.05) is 0 Å². The van der Waals surface area contributed by atoms with E-state index in [9.17, 15) is 0 Å². The second-order valence-corrected chi connectivity index (χ2v) is 7.39. The van der Waals surface area contributed by atoms with E-state index in [4.69, 9.17) is 0 Å².